The molecule has 128 valence electrons. The summed E-state index contributed by atoms with van der Waals surface area (Å²) in [5.74, 6) is 0.588. The molecular weight excluding hydrogens is 302 g/mol. The van der Waals surface area contributed by atoms with Crippen LogP contribution in [0.5, 0.6) is 0 Å². The number of nitrogens with one attached hydrogen (secondary N) is 2. The van der Waals surface area contributed by atoms with Gasteiger partial charge in [-0.3, -0.25) is 0 Å². The van der Waals surface area contributed by atoms with Crippen LogP contribution in [-0.2, 0) is 6.54 Å². The minimum absolute atomic E-state index is 0.588. The van der Waals surface area contributed by atoms with E-state index in [1.807, 2.05) is 0 Å². The van der Waals surface area contributed by atoms with E-state index in [0.29, 0.717) is 12.0 Å². The molecule has 1 fully saturated rings. The number of hydrogen-bond acceptors (Lipinski definition) is 1. The number of nitrogens with zero attached hydrogens (tertiary/aromatic N) is 1. The molecule has 0 saturated heterocycles. The molecule has 2 N–H and O–H groups in total. The molecule has 4 heteroatoms. The van der Waals surface area contributed by atoms with Crippen LogP contribution in [0.4, 0.5) is 0 Å². The molecule has 1 aliphatic carbocycles. The Labute approximate surface area is 147 Å². The Hall–Kier alpha value is -1.13. The lowest BCUT2D eigenvalue weighted by Crippen LogP contribution is -3.05. The van der Waals surface area contributed by atoms with Crippen molar-refractivity contribution in [1.29, 1.82) is 0 Å². The maximum atomic E-state index is 5.65. The van der Waals surface area contributed by atoms with Gasteiger partial charge in [-0.1, -0.05) is 38.1 Å². The molecule has 1 saturated carbocycles. The van der Waals surface area contributed by atoms with Gasteiger partial charge in [-0.25, -0.2) is 0 Å². The normalized spacial score (nSPS) is 14.3. The number of rotatable bonds is 8. The van der Waals surface area contributed by atoms with Crippen molar-refractivity contribution in [3.05, 3.63) is 35.4 Å². The third-order valence-corrected chi connectivity index (χ3v) is 4.76. The zero-order valence-corrected chi connectivity index (χ0v) is 15.9. The van der Waals surface area contributed by atoms with Gasteiger partial charge in [0.25, 0.3) is 0 Å². The first-order chi connectivity index (χ1) is 11.0. The Bertz CT molecular complexity index is 492. The van der Waals surface area contributed by atoms with Gasteiger partial charge in [0.15, 0.2) is 5.11 Å². The molecule has 0 radical (unpaired) electrons. The van der Waals surface area contributed by atoms with Gasteiger partial charge in [-0.15, -0.1) is 0 Å². The molecule has 0 aromatic heterocycles. The van der Waals surface area contributed by atoms with Crippen LogP contribution >= 0.6 is 12.2 Å². The maximum Gasteiger partial charge on any atom is 0.169 e. The summed E-state index contributed by atoms with van der Waals surface area (Å²) >= 11 is 5.65. The van der Waals surface area contributed by atoms with Crippen LogP contribution in [0.15, 0.2) is 24.3 Å². The molecule has 3 nitrogen and oxygen atoms in total. The van der Waals surface area contributed by atoms with Crippen molar-refractivity contribution in [3.63, 3.8) is 0 Å². The fourth-order valence-corrected chi connectivity index (χ4v) is 3.01. The van der Waals surface area contributed by atoms with E-state index in [0.717, 1.165) is 24.6 Å². The summed E-state index contributed by atoms with van der Waals surface area (Å²) in [7, 11) is 4.38. The van der Waals surface area contributed by atoms with Crippen molar-refractivity contribution in [3.8, 4) is 0 Å². The minimum atomic E-state index is 0.588. The highest BCUT2D eigenvalue weighted by Gasteiger charge is 2.30. The fraction of sp³-hybridized carbons (Fsp3) is 0.632. The van der Waals surface area contributed by atoms with Crippen molar-refractivity contribution in [2.24, 2.45) is 0 Å². The zero-order chi connectivity index (χ0) is 16.8. The average molecular weight is 335 g/mol. The Morgan fingerprint density at radius 2 is 1.91 bits per heavy atom. The summed E-state index contributed by atoms with van der Waals surface area (Å²) < 4.78 is 0. The first-order valence-electron chi connectivity index (χ1n) is 8.89. The van der Waals surface area contributed by atoms with Crippen molar-refractivity contribution < 1.29 is 4.90 Å². The summed E-state index contributed by atoms with van der Waals surface area (Å²) in [4.78, 5) is 3.87. The smallest absolute Gasteiger partial charge is 0.169 e. The van der Waals surface area contributed by atoms with E-state index < -0.39 is 0 Å². The van der Waals surface area contributed by atoms with Gasteiger partial charge >= 0.3 is 0 Å². The Kier molecular flexibility index (Phi) is 6.85. The zero-order valence-electron chi connectivity index (χ0n) is 15.1. The molecular formula is C19H32N3S+. The molecule has 1 aliphatic rings. The molecule has 0 aliphatic heterocycles. The summed E-state index contributed by atoms with van der Waals surface area (Å²) in [5.41, 5.74) is 2.75. The fourth-order valence-electron chi connectivity index (χ4n) is 2.70. The summed E-state index contributed by atoms with van der Waals surface area (Å²) in [6.45, 7) is 7.54. The van der Waals surface area contributed by atoms with E-state index in [9.17, 15) is 0 Å². The standard InChI is InChI=1S/C19H31N3S/c1-15(2)17-8-6-16(7-9-17)14-22(18-10-11-18)19(23)20-12-5-13-21(3)4/h6-9,15,18H,5,10-14H2,1-4H3,(H,20,23)/p+1. The van der Waals surface area contributed by atoms with E-state index in [4.69, 9.17) is 12.2 Å². The van der Waals surface area contributed by atoms with Crippen LogP contribution in [0.2, 0.25) is 0 Å². The van der Waals surface area contributed by atoms with Crippen LogP contribution in [-0.4, -0.2) is 43.2 Å². The van der Waals surface area contributed by atoms with Gasteiger partial charge in [0.05, 0.1) is 20.6 Å². The van der Waals surface area contributed by atoms with Crippen LogP contribution in [0, 0.1) is 0 Å². The third kappa shape index (κ3) is 6.11. The Morgan fingerprint density at radius 1 is 1.26 bits per heavy atom. The molecule has 0 bridgehead atoms. The molecule has 0 heterocycles. The lowest BCUT2D eigenvalue weighted by Gasteiger charge is -2.26. The Balaban J connectivity index is 1.87. The van der Waals surface area contributed by atoms with Crippen molar-refractivity contribution >= 4 is 17.3 Å². The number of benzene rings is 1. The van der Waals surface area contributed by atoms with Crippen molar-refractivity contribution in [2.75, 3.05) is 27.2 Å². The van der Waals surface area contributed by atoms with Gasteiger partial charge in [-0.2, -0.15) is 0 Å². The molecule has 0 unspecified atom stereocenters. The number of quaternary nitrogens is 1. The second-order valence-electron chi connectivity index (χ2n) is 7.30. The van der Waals surface area contributed by atoms with E-state index in [1.165, 1.54) is 35.4 Å². The monoisotopic (exact) mass is 334 g/mol. The van der Waals surface area contributed by atoms with Gasteiger partial charge in [0.1, 0.15) is 0 Å². The van der Waals surface area contributed by atoms with Gasteiger partial charge < -0.3 is 15.1 Å². The molecule has 2 rings (SSSR count). The highest BCUT2D eigenvalue weighted by Crippen LogP contribution is 2.28. The summed E-state index contributed by atoms with van der Waals surface area (Å²) in [6, 6.07) is 9.65. The summed E-state index contributed by atoms with van der Waals surface area (Å²) in [5, 5.41) is 4.38. The molecule has 0 atom stereocenters. The average Bonchev–Trinajstić information content (AvgIpc) is 3.34. The highest BCUT2D eigenvalue weighted by atomic mass is 32.1. The second kappa shape index (κ2) is 8.65. The van der Waals surface area contributed by atoms with Gasteiger partial charge in [0, 0.05) is 25.6 Å². The van der Waals surface area contributed by atoms with Crippen LogP contribution in [0.25, 0.3) is 0 Å². The second-order valence-corrected chi connectivity index (χ2v) is 7.68. The minimum Gasteiger partial charge on any atom is -0.362 e. The van der Waals surface area contributed by atoms with E-state index in [1.54, 1.807) is 0 Å². The molecule has 23 heavy (non-hydrogen) atoms. The molecule has 1 aromatic rings. The highest BCUT2D eigenvalue weighted by molar-refractivity contribution is 7.80. The maximum absolute atomic E-state index is 5.65. The van der Waals surface area contributed by atoms with Crippen molar-refractivity contribution in [2.45, 2.75) is 51.6 Å². The third-order valence-electron chi connectivity index (χ3n) is 4.38. The SMILES string of the molecule is CC(C)c1ccc(CN(C(=S)NCCC[NH+](C)C)C2CC2)cc1. The Morgan fingerprint density at radius 3 is 2.43 bits per heavy atom. The summed E-state index contributed by atoms with van der Waals surface area (Å²) in [6.07, 6.45) is 3.70. The van der Waals surface area contributed by atoms with Crippen molar-refractivity contribution in [1.82, 2.24) is 10.2 Å². The first kappa shape index (κ1) is 18.2. The largest absolute Gasteiger partial charge is 0.362 e. The lowest BCUT2D eigenvalue weighted by molar-refractivity contribution is -0.858. The predicted octanol–water partition coefficient (Wildman–Crippen LogP) is 2.18. The molecule has 0 amide bonds. The predicted molar refractivity (Wildman–Crippen MR) is 102 cm³/mol. The van der Waals surface area contributed by atoms with E-state index >= 15 is 0 Å². The molecule has 1 aromatic carbocycles. The molecule has 0 spiro atoms. The topological polar surface area (TPSA) is 19.7 Å². The van der Waals surface area contributed by atoms with Crippen LogP contribution in [0.3, 0.4) is 0 Å². The first-order valence-corrected chi connectivity index (χ1v) is 9.30. The van der Waals surface area contributed by atoms with Gasteiger partial charge in [-0.05, 0) is 42.1 Å². The number of thiocarbonyl (C=S) groups is 1. The van der Waals surface area contributed by atoms with Crippen LogP contribution in [0.1, 0.15) is 50.2 Å². The number of hydrogen-bond donors (Lipinski definition) is 2. The lowest BCUT2D eigenvalue weighted by atomic mass is 10.0. The van der Waals surface area contributed by atoms with E-state index in [2.05, 4.69) is 62.4 Å². The van der Waals surface area contributed by atoms with Crippen LogP contribution < -0.4 is 10.2 Å². The van der Waals surface area contributed by atoms with E-state index in [-0.39, 0.29) is 0 Å². The van der Waals surface area contributed by atoms with Gasteiger partial charge in [0.2, 0.25) is 0 Å². The quantitative estimate of drug-likeness (QED) is 0.562.